The molecule has 6 nitrogen and oxygen atoms in total. The van der Waals surface area contributed by atoms with Crippen molar-refractivity contribution in [1.82, 2.24) is 14.3 Å². The third kappa shape index (κ3) is 5.18. The molecule has 0 saturated carbocycles. The second-order valence-electron chi connectivity index (χ2n) is 8.85. The summed E-state index contributed by atoms with van der Waals surface area (Å²) in [4.78, 5) is 24.5. The van der Waals surface area contributed by atoms with Crippen LogP contribution in [0.25, 0.3) is 0 Å². The highest BCUT2D eigenvalue weighted by atomic mass is 35.5. The maximum absolute atomic E-state index is 13.3. The number of amides is 1. The summed E-state index contributed by atoms with van der Waals surface area (Å²) in [6.07, 6.45) is 2.44. The molecule has 0 radical (unpaired) electrons. The topological polar surface area (TPSA) is 52.6 Å². The predicted octanol–water partition coefficient (Wildman–Crippen LogP) is 4.49. The Labute approximate surface area is 208 Å². The van der Waals surface area contributed by atoms with Gasteiger partial charge in [-0.25, -0.2) is 9.37 Å². The van der Waals surface area contributed by atoms with Crippen LogP contribution in [0, 0.1) is 11.7 Å². The van der Waals surface area contributed by atoms with Gasteiger partial charge in [0, 0.05) is 57.2 Å². The molecular formula is C25H27ClFN5OS. The van der Waals surface area contributed by atoms with Gasteiger partial charge in [-0.2, -0.15) is 4.37 Å². The lowest BCUT2D eigenvalue weighted by molar-refractivity contribution is -0.136. The third-order valence-corrected chi connectivity index (χ3v) is 7.69. The number of carbonyl (C=O) groups excluding carboxylic acids is 1. The van der Waals surface area contributed by atoms with E-state index in [1.807, 2.05) is 29.2 Å². The van der Waals surface area contributed by atoms with Crippen molar-refractivity contribution in [2.75, 3.05) is 49.1 Å². The lowest BCUT2D eigenvalue weighted by Gasteiger charge is -2.39. The van der Waals surface area contributed by atoms with E-state index in [-0.39, 0.29) is 17.6 Å². The summed E-state index contributed by atoms with van der Waals surface area (Å²) in [5.74, 6) is 0.699. The maximum atomic E-state index is 13.3. The van der Waals surface area contributed by atoms with Crippen molar-refractivity contribution >= 4 is 39.9 Å². The molecule has 34 heavy (non-hydrogen) atoms. The van der Waals surface area contributed by atoms with Crippen molar-refractivity contribution < 1.29 is 9.18 Å². The normalized spacial score (nSPS) is 18.9. The molecule has 3 aromatic rings. The highest BCUT2D eigenvalue weighted by molar-refractivity contribution is 7.09. The molecule has 1 aromatic heterocycles. The van der Waals surface area contributed by atoms with Gasteiger partial charge >= 0.3 is 0 Å². The van der Waals surface area contributed by atoms with E-state index in [2.05, 4.69) is 14.2 Å². The van der Waals surface area contributed by atoms with Crippen molar-refractivity contribution in [2.24, 2.45) is 5.92 Å². The minimum absolute atomic E-state index is 0.0231. The Balaban J connectivity index is 1.17. The molecule has 2 saturated heterocycles. The van der Waals surface area contributed by atoms with Crippen molar-refractivity contribution in [1.29, 1.82) is 0 Å². The predicted molar refractivity (Wildman–Crippen MR) is 134 cm³/mol. The summed E-state index contributed by atoms with van der Waals surface area (Å²) in [7, 11) is 0. The molecule has 5 rings (SSSR count). The van der Waals surface area contributed by atoms with Gasteiger partial charge in [0.05, 0.1) is 16.6 Å². The average molecular weight is 500 g/mol. The van der Waals surface area contributed by atoms with Gasteiger partial charge in [-0.15, -0.1) is 0 Å². The zero-order valence-electron chi connectivity index (χ0n) is 18.9. The summed E-state index contributed by atoms with van der Waals surface area (Å²) in [6, 6.07) is 14.3. The number of piperidine rings is 1. The lowest BCUT2D eigenvalue weighted by atomic mass is 9.96. The first-order valence-electron chi connectivity index (χ1n) is 11.7. The molecule has 0 spiro atoms. The summed E-state index contributed by atoms with van der Waals surface area (Å²) in [6.45, 7) is 4.55. The molecule has 178 valence electrons. The Morgan fingerprint density at radius 1 is 1.03 bits per heavy atom. The Morgan fingerprint density at radius 2 is 1.79 bits per heavy atom. The van der Waals surface area contributed by atoms with Crippen LogP contribution in [0.3, 0.4) is 0 Å². The molecule has 1 atom stereocenters. The Bertz CT molecular complexity index is 1130. The monoisotopic (exact) mass is 499 g/mol. The number of rotatable bonds is 5. The van der Waals surface area contributed by atoms with E-state index in [1.165, 1.54) is 23.7 Å². The van der Waals surface area contributed by atoms with Gasteiger partial charge in [0.15, 0.2) is 0 Å². The molecule has 2 fully saturated rings. The molecule has 2 aliphatic heterocycles. The molecule has 0 aliphatic carbocycles. The molecule has 9 heteroatoms. The Morgan fingerprint density at radius 3 is 2.56 bits per heavy atom. The van der Waals surface area contributed by atoms with Gasteiger partial charge < -0.3 is 14.7 Å². The minimum Gasteiger partial charge on any atom is -0.367 e. The fourth-order valence-corrected chi connectivity index (χ4v) is 5.69. The number of para-hydroxylation sites is 1. The van der Waals surface area contributed by atoms with Crippen LogP contribution in [0.2, 0.25) is 5.02 Å². The number of carbonyl (C=O) groups is 1. The van der Waals surface area contributed by atoms with Crippen LogP contribution in [0.4, 0.5) is 15.2 Å². The summed E-state index contributed by atoms with van der Waals surface area (Å²) < 4.78 is 17.6. The molecule has 0 bridgehead atoms. The number of anilines is 2. The first kappa shape index (κ1) is 23.1. The van der Waals surface area contributed by atoms with E-state index in [0.29, 0.717) is 26.1 Å². The standard InChI is InChI=1S/C25H27ClFN5OS/c26-21-5-1-2-6-22(21)30-12-14-31(15-13-30)24(33)19-4-3-11-32(17-19)25-28-23(29-34-25)16-18-7-9-20(27)10-8-18/h1-2,5-10,19H,3-4,11-17H2. The van der Waals surface area contributed by atoms with E-state index in [4.69, 9.17) is 16.6 Å². The van der Waals surface area contributed by atoms with Crippen molar-refractivity contribution in [3.63, 3.8) is 0 Å². The van der Waals surface area contributed by atoms with E-state index >= 15 is 0 Å². The van der Waals surface area contributed by atoms with Crippen molar-refractivity contribution in [3.8, 4) is 0 Å². The molecular weight excluding hydrogens is 473 g/mol. The van der Waals surface area contributed by atoms with Crippen LogP contribution < -0.4 is 9.80 Å². The molecule has 1 amide bonds. The second kappa shape index (κ2) is 10.3. The molecule has 2 aliphatic rings. The Hall–Kier alpha value is -2.71. The summed E-state index contributed by atoms with van der Waals surface area (Å²) >= 11 is 7.73. The number of benzene rings is 2. The zero-order chi connectivity index (χ0) is 23.5. The fourth-order valence-electron chi connectivity index (χ4n) is 4.72. The van der Waals surface area contributed by atoms with Gasteiger partial charge in [0.25, 0.3) is 0 Å². The SMILES string of the molecule is O=C(C1CCCN(c2nc(Cc3ccc(F)cc3)ns2)C1)N1CCN(c2ccccc2Cl)CC1. The number of hydrogen-bond acceptors (Lipinski definition) is 6. The number of halogens is 2. The summed E-state index contributed by atoms with van der Waals surface area (Å²) in [5, 5.41) is 1.61. The molecule has 0 N–H and O–H groups in total. The number of nitrogens with zero attached hydrogens (tertiary/aromatic N) is 5. The smallest absolute Gasteiger partial charge is 0.227 e. The quantitative estimate of drug-likeness (QED) is 0.518. The largest absolute Gasteiger partial charge is 0.367 e. The molecule has 2 aromatic carbocycles. The van der Waals surface area contributed by atoms with Gasteiger partial charge in [-0.05, 0) is 42.7 Å². The van der Waals surface area contributed by atoms with Gasteiger partial charge in [0.1, 0.15) is 11.6 Å². The van der Waals surface area contributed by atoms with E-state index in [9.17, 15) is 9.18 Å². The van der Waals surface area contributed by atoms with Crippen LogP contribution >= 0.6 is 23.1 Å². The van der Waals surface area contributed by atoms with Crippen LogP contribution in [0.5, 0.6) is 0 Å². The van der Waals surface area contributed by atoms with E-state index in [0.717, 1.165) is 59.7 Å². The third-order valence-electron chi connectivity index (χ3n) is 6.56. The van der Waals surface area contributed by atoms with Crippen LogP contribution in [-0.2, 0) is 11.2 Å². The minimum atomic E-state index is -0.245. The highest BCUT2D eigenvalue weighted by Crippen LogP contribution is 2.29. The first-order valence-corrected chi connectivity index (χ1v) is 12.8. The summed E-state index contributed by atoms with van der Waals surface area (Å²) in [5.41, 5.74) is 2.01. The van der Waals surface area contributed by atoms with Crippen LogP contribution in [0.15, 0.2) is 48.5 Å². The van der Waals surface area contributed by atoms with Crippen molar-refractivity contribution in [2.45, 2.75) is 19.3 Å². The molecule has 3 heterocycles. The van der Waals surface area contributed by atoms with E-state index in [1.54, 1.807) is 12.1 Å². The number of hydrogen-bond donors (Lipinski definition) is 0. The average Bonchev–Trinajstić information content (AvgIpc) is 3.34. The van der Waals surface area contributed by atoms with Crippen LogP contribution in [-0.4, -0.2) is 59.4 Å². The number of aromatic nitrogens is 2. The maximum Gasteiger partial charge on any atom is 0.227 e. The van der Waals surface area contributed by atoms with Crippen molar-refractivity contribution in [3.05, 3.63) is 70.8 Å². The first-order chi connectivity index (χ1) is 16.6. The lowest BCUT2D eigenvalue weighted by Crippen LogP contribution is -2.52. The fraction of sp³-hybridized carbons (Fsp3) is 0.400. The van der Waals surface area contributed by atoms with Crippen LogP contribution in [0.1, 0.15) is 24.2 Å². The molecule has 1 unspecified atom stereocenters. The van der Waals surface area contributed by atoms with E-state index < -0.39 is 0 Å². The van der Waals surface area contributed by atoms with Gasteiger partial charge in [0.2, 0.25) is 11.0 Å². The second-order valence-corrected chi connectivity index (χ2v) is 9.98. The highest BCUT2D eigenvalue weighted by Gasteiger charge is 2.32. The Kier molecular flexibility index (Phi) is 6.97. The zero-order valence-corrected chi connectivity index (χ0v) is 20.4. The van der Waals surface area contributed by atoms with Gasteiger partial charge in [-0.3, -0.25) is 4.79 Å². The van der Waals surface area contributed by atoms with Gasteiger partial charge in [-0.1, -0.05) is 35.9 Å². The number of piperazine rings is 1.